The van der Waals surface area contributed by atoms with E-state index in [9.17, 15) is 4.79 Å². The summed E-state index contributed by atoms with van der Waals surface area (Å²) in [4.78, 5) is 14.1. The molecule has 1 aliphatic heterocycles. The number of aliphatic hydroxyl groups excluding tert-OH is 1. The highest BCUT2D eigenvalue weighted by atomic mass is 16.3. The molecular formula is C17H20N2O2. The lowest BCUT2D eigenvalue weighted by Crippen LogP contribution is -2.34. The fourth-order valence-electron chi connectivity index (χ4n) is 2.68. The Morgan fingerprint density at radius 1 is 1.43 bits per heavy atom. The number of nitrogens with zero attached hydrogens (tertiary/aromatic N) is 2. The van der Waals surface area contributed by atoms with E-state index in [4.69, 9.17) is 10.4 Å². The van der Waals surface area contributed by atoms with E-state index in [1.807, 2.05) is 17.0 Å². The highest BCUT2D eigenvalue weighted by Gasteiger charge is 2.26. The zero-order valence-corrected chi connectivity index (χ0v) is 12.0. The van der Waals surface area contributed by atoms with Crippen LogP contribution in [0, 0.1) is 11.3 Å². The molecule has 1 fully saturated rings. The molecule has 21 heavy (non-hydrogen) atoms. The Morgan fingerprint density at radius 3 is 2.86 bits per heavy atom. The topological polar surface area (TPSA) is 64.3 Å². The maximum atomic E-state index is 12.2. The first kappa shape index (κ1) is 15.3. The van der Waals surface area contributed by atoms with Crippen molar-refractivity contribution in [2.45, 2.75) is 31.7 Å². The number of likely N-dealkylation sites (tertiary alicyclic amines) is 1. The fourth-order valence-corrected chi connectivity index (χ4v) is 2.68. The van der Waals surface area contributed by atoms with E-state index in [1.165, 1.54) is 0 Å². The summed E-state index contributed by atoms with van der Waals surface area (Å²) in [5.74, 6) is 0.0276. The average Bonchev–Trinajstić information content (AvgIpc) is 2.99. The Bertz CT molecular complexity index is 543. The molecule has 110 valence electrons. The van der Waals surface area contributed by atoms with Crippen LogP contribution < -0.4 is 0 Å². The third kappa shape index (κ3) is 4.17. The van der Waals surface area contributed by atoms with Crippen LogP contribution >= 0.6 is 0 Å². The van der Waals surface area contributed by atoms with Gasteiger partial charge in [0.15, 0.2) is 0 Å². The Hall–Kier alpha value is -2.12. The number of carbonyl (C=O) groups excluding carboxylic acids is 1. The summed E-state index contributed by atoms with van der Waals surface area (Å²) in [7, 11) is 0. The van der Waals surface area contributed by atoms with Crippen LogP contribution in [0.15, 0.2) is 30.3 Å². The van der Waals surface area contributed by atoms with Crippen LogP contribution in [0.1, 0.15) is 36.8 Å². The summed E-state index contributed by atoms with van der Waals surface area (Å²) >= 11 is 0. The number of hydrogen-bond acceptors (Lipinski definition) is 3. The van der Waals surface area contributed by atoms with E-state index < -0.39 is 0 Å². The molecule has 1 amide bonds. The Balaban J connectivity index is 1.96. The van der Waals surface area contributed by atoms with Gasteiger partial charge in [0.2, 0.25) is 5.91 Å². The van der Waals surface area contributed by atoms with E-state index in [1.54, 1.807) is 24.3 Å². The summed E-state index contributed by atoms with van der Waals surface area (Å²) in [6.45, 7) is 0.978. The molecule has 2 rings (SSSR count). The summed E-state index contributed by atoms with van der Waals surface area (Å²) < 4.78 is 0. The van der Waals surface area contributed by atoms with Gasteiger partial charge in [0.25, 0.3) is 0 Å². The van der Waals surface area contributed by atoms with Gasteiger partial charge >= 0.3 is 0 Å². The molecule has 0 saturated carbocycles. The SMILES string of the molecule is N#Cc1ccc(C=CC(=O)N2CCCC2CCCO)cc1. The first-order chi connectivity index (χ1) is 10.2. The molecule has 1 heterocycles. The highest BCUT2D eigenvalue weighted by Crippen LogP contribution is 2.21. The molecule has 1 N–H and O–H groups in total. The molecule has 1 aromatic carbocycles. The van der Waals surface area contributed by atoms with Crippen LogP contribution in [-0.4, -0.2) is 35.1 Å². The molecule has 0 spiro atoms. The van der Waals surface area contributed by atoms with Gasteiger partial charge in [-0.25, -0.2) is 0 Å². The van der Waals surface area contributed by atoms with Gasteiger partial charge < -0.3 is 10.0 Å². The largest absolute Gasteiger partial charge is 0.396 e. The lowest BCUT2D eigenvalue weighted by Gasteiger charge is -2.23. The van der Waals surface area contributed by atoms with Crippen molar-refractivity contribution in [1.29, 1.82) is 5.26 Å². The molecule has 4 heteroatoms. The van der Waals surface area contributed by atoms with Crippen molar-refractivity contribution < 1.29 is 9.90 Å². The third-order valence-corrected chi connectivity index (χ3v) is 3.81. The zero-order chi connectivity index (χ0) is 15.1. The second kappa shape index (κ2) is 7.61. The fraction of sp³-hybridized carbons (Fsp3) is 0.412. The van der Waals surface area contributed by atoms with Gasteiger partial charge in [-0.05, 0) is 49.5 Å². The highest BCUT2D eigenvalue weighted by molar-refractivity contribution is 5.92. The maximum absolute atomic E-state index is 12.2. The van der Waals surface area contributed by atoms with Gasteiger partial charge in [-0.3, -0.25) is 4.79 Å². The first-order valence-electron chi connectivity index (χ1n) is 7.34. The van der Waals surface area contributed by atoms with Crippen LogP contribution in [0.2, 0.25) is 0 Å². The van der Waals surface area contributed by atoms with Crippen LogP contribution in [-0.2, 0) is 4.79 Å². The lowest BCUT2D eigenvalue weighted by molar-refractivity contribution is -0.126. The normalized spacial score (nSPS) is 18.1. The summed E-state index contributed by atoms with van der Waals surface area (Å²) in [5, 5.41) is 17.6. The summed E-state index contributed by atoms with van der Waals surface area (Å²) in [6.07, 6.45) is 7.05. The van der Waals surface area contributed by atoms with E-state index in [0.29, 0.717) is 5.56 Å². The predicted molar refractivity (Wildman–Crippen MR) is 81.2 cm³/mol. The van der Waals surface area contributed by atoms with E-state index in [0.717, 1.165) is 37.8 Å². The van der Waals surface area contributed by atoms with Gasteiger partial charge in [-0.15, -0.1) is 0 Å². The minimum atomic E-state index is 0.0276. The molecular weight excluding hydrogens is 264 g/mol. The van der Waals surface area contributed by atoms with E-state index in [2.05, 4.69) is 6.07 Å². The van der Waals surface area contributed by atoms with Gasteiger partial charge in [0, 0.05) is 25.3 Å². The smallest absolute Gasteiger partial charge is 0.246 e. The maximum Gasteiger partial charge on any atom is 0.246 e. The van der Waals surface area contributed by atoms with Crippen molar-refractivity contribution in [2.75, 3.05) is 13.2 Å². The number of aliphatic hydroxyl groups is 1. The number of hydrogen-bond donors (Lipinski definition) is 1. The van der Waals surface area contributed by atoms with E-state index in [-0.39, 0.29) is 18.6 Å². The number of benzene rings is 1. The lowest BCUT2D eigenvalue weighted by atomic mass is 10.1. The van der Waals surface area contributed by atoms with Crippen molar-refractivity contribution >= 4 is 12.0 Å². The number of rotatable bonds is 5. The van der Waals surface area contributed by atoms with Gasteiger partial charge in [-0.2, -0.15) is 5.26 Å². The monoisotopic (exact) mass is 284 g/mol. The quantitative estimate of drug-likeness (QED) is 0.844. The molecule has 1 aliphatic rings. The van der Waals surface area contributed by atoms with Crippen LogP contribution in [0.4, 0.5) is 0 Å². The van der Waals surface area contributed by atoms with Crippen LogP contribution in [0.3, 0.4) is 0 Å². The van der Waals surface area contributed by atoms with Gasteiger partial charge in [-0.1, -0.05) is 12.1 Å². The predicted octanol–water partition coefficient (Wildman–Crippen LogP) is 2.33. The molecule has 0 aromatic heterocycles. The molecule has 1 unspecified atom stereocenters. The third-order valence-electron chi connectivity index (χ3n) is 3.81. The molecule has 1 aromatic rings. The number of amides is 1. The Morgan fingerprint density at radius 2 is 2.19 bits per heavy atom. The van der Waals surface area contributed by atoms with Crippen molar-refractivity contribution in [3.05, 3.63) is 41.5 Å². The second-order valence-corrected chi connectivity index (χ2v) is 5.26. The van der Waals surface area contributed by atoms with Crippen molar-refractivity contribution in [1.82, 2.24) is 4.90 Å². The number of nitriles is 1. The Labute approximate surface area is 125 Å². The standard InChI is InChI=1S/C17H20N2O2/c18-13-15-7-5-14(6-8-15)9-10-17(21)19-11-1-3-16(19)4-2-12-20/h5-10,16,20H,1-4,11-12H2. The van der Waals surface area contributed by atoms with E-state index >= 15 is 0 Å². The second-order valence-electron chi connectivity index (χ2n) is 5.26. The average molecular weight is 284 g/mol. The van der Waals surface area contributed by atoms with Crippen LogP contribution in [0.25, 0.3) is 6.08 Å². The first-order valence-corrected chi connectivity index (χ1v) is 7.34. The minimum Gasteiger partial charge on any atom is -0.396 e. The van der Waals surface area contributed by atoms with Crippen molar-refractivity contribution in [2.24, 2.45) is 0 Å². The zero-order valence-electron chi connectivity index (χ0n) is 12.0. The molecule has 0 aliphatic carbocycles. The Kier molecular flexibility index (Phi) is 5.53. The van der Waals surface area contributed by atoms with Crippen molar-refractivity contribution in [3.8, 4) is 6.07 Å². The molecule has 1 atom stereocenters. The molecule has 1 saturated heterocycles. The van der Waals surface area contributed by atoms with Crippen LogP contribution in [0.5, 0.6) is 0 Å². The molecule has 0 bridgehead atoms. The van der Waals surface area contributed by atoms with Gasteiger partial charge in [0.05, 0.1) is 11.6 Å². The molecule has 0 radical (unpaired) electrons. The molecule has 4 nitrogen and oxygen atoms in total. The minimum absolute atomic E-state index is 0.0276. The summed E-state index contributed by atoms with van der Waals surface area (Å²) in [6, 6.07) is 9.47. The number of carbonyl (C=O) groups is 1. The summed E-state index contributed by atoms with van der Waals surface area (Å²) in [5.41, 5.74) is 1.52. The van der Waals surface area contributed by atoms with Gasteiger partial charge in [0.1, 0.15) is 0 Å². The van der Waals surface area contributed by atoms with Crippen molar-refractivity contribution in [3.63, 3.8) is 0 Å².